The highest BCUT2D eigenvalue weighted by molar-refractivity contribution is 7.80. The summed E-state index contributed by atoms with van der Waals surface area (Å²) in [6.45, 7) is 6.35. The van der Waals surface area contributed by atoms with E-state index in [-0.39, 0.29) is 0 Å². The molecule has 1 fully saturated rings. The summed E-state index contributed by atoms with van der Waals surface area (Å²) in [7, 11) is 0. The lowest BCUT2D eigenvalue weighted by molar-refractivity contribution is 0.269. The molecule has 2 nitrogen and oxygen atoms in total. The van der Waals surface area contributed by atoms with Crippen LogP contribution in [0.2, 0.25) is 0 Å². The van der Waals surface area contributed by atoms with Gasteiger partial charge in [-0.15, -0.1) is 0 Å². The molecule has 0 heterocycles. The molecule has 0 saturated heterocycles. The van der Waals surface area contributed by atoms with Crippen LogP contribution in [0.15, 0.2) is 0 Å². The standard InChI is InChI=1S/C12H24N2S/c1-3-10-5-7-11(8-6-10)9-14-12(15)13-4-2/h10-11H,3-9H2,1-2H3,(H2,13,14,15). The molecule has 0 aromatic rings. The van der Waals surface area contributed by atoms with Gasteiger partial charge in [0.15, 0.2) is 5.11 Å². The van der Waals surface area contributed by atoms with Crippen molar-refractivity contribution in [3.05, 3.63) is 0 Å². The molecule has 0 aromatic carbocycles. The van der Waals surface area contributed by atoms with Crippen molar-refractivity contribution in [3.63, 3.8) is 0 Å². The number of hydrogen-bond donors (Lipinski definition) is 2. The van der Waals surface area contributed by atoms with Crippen molar-refractivity contribution in [2.24, 2.45) is 11.8 Å². The van der Waals surface area contributed by atoms with E-state index in [0.29, 0.717) is 0 Å². The molecular weight excluding hydrogens is 204 g/mol. The fourth-order valence-electron chi connectivity index (χ4n) is 2.30. The smallest absolute Gasteiger partial charge is 0.166 e. The van der Waals surface area contributed by atoms with Gasteiger partial charge in [0.25, 0.3) is 0 Å². The predicted octanol–water partition coefficient (Wildman–Crippen LogP) is 2.69. The predicted molar refractivity (Wildman–Crippen MR) is 70.0 cm³/mol. The quantitative estimate of drug-likeness (QED) is 0.724. The third-order valence-electron chi connectivity index (χ3n) is 3.43. The first-order valence-corrected chi connectivity index (χ1v) is 6.68. The average molecular weight is 228 g/mol. The second kappa shape index (κ2) is 7.04. The van der Waals surface area contributed by atoms with Crippen molar-refractivity contribution in [2.45, 2.75) is 46.0 Å². The molecule has 0 unspecified atom stereocenters. The van der Waals surface area contributed by atoms with Crippen molar-refractivity contribution in [2.75, 3.05) is 13.1 Å². The van der Waals surface area contributed by atoms with Gasteiger partial charge in [0.2, 0.25) is 0 Å². The number of hydrogen-bond acceptors (Lipinski definition) is 1. The van der Waals surface area contributed by atoms with Crippen LogP contribution in [0.3, 0.4) is 0 Å². The number of nitrogens with one attached hydrogen (secondary N) is 2. The lowest BCUT2D eigenvalue weighted by Gasteiger charge is -2.28. The van der Waals surface area contributed by atoms with Gasteiger partial charge < -0.3 is 10.6 Å². The maximum atomic E-state index is 5.15. The molecule has 15 heavy (non-hydrogen) atoms. The zero-order valence-electron chi connectivity index (χ0n) is 10.0. The van der Waals surface area contributed by atoms with E-state index in [2.05, 4.69) is 24.5 Å². The minimum absolute atomic E-state index is 0.815. The first-order valence-electron chi connectivity index (χ1n) is 6.27. The van der Waals surface area contributed by atoms with Gasteiger partial charge in [0, 0.05) is 13.1 Å². The Hall–Kier alpha value is -0.310. The SMILES string of the molecule is CCNC(=S)NCC1CCC(CC)CC1. The van der Waals surface area contributed by atoms with Crippen LogP contribution in [0.4, 0.5) is 0 Å². The Morgan fingerprint density at radius 3 is 2.20 bits per heavy atom. The molecule has 1 rings (SSSR count). The van der Waals surface area contributed by atoms with Crippen LogP contribution in [-0.4, -0.2) is 18.2 Å². The van der Waals surface area contributed by atoms with Gasteiger partial charge in [0.05, 0.1) is 0 Å². The lowest BCUT2D eigenvalue weighted by Crippen LogP contribution is -2.38. The molecular formula is C12H24N2S. The second-order valence-corrected chi connectivity index (χ2v) is 4.94. The minimum Gasteiger partial charge on any atom is -0.363 e. The molecule has 0 radical (unpaired) electrons. The summed E-state index contributed by atoms with van der Waals surface area (Å²) in [4.78, 5) is 0. The van der Waals surface area contributed by atoms with Crippen LogP contribution in [0.25, 0.3) is 0 Å². The molecule has 0 atom stereocenters. The summed E-state index contributed by atoms with van der Waals surface area (Å²) in [5.41, 5.74) is 0. The Labute approximate surface area is 99.2 Å². The average Bonchev–Trinajstić information content (AvgIpc) is 2.27. The lowest BCUT2D eigenvalue weighted by atomic mass is 9.81. The van der Waals surface area contributed by atoms with Crippen molar-refractivity contribution < 1.29 is 0 Å². The van der Waals surface area contributed by atoms with Gasteiger partial charge in [-0.05, 0) is 43.8 Å². The van der Waals surface area contributed by atoms with E-state index in [0.717, 1.165) is 30.0 Å². The molecule has 1 aliphatic rings. The molecule has 0 amide bonds. The third kappa shape index (κ3) is 4.83. The normalized spacial score (nSPS) is 26.0. The maximum absolute atomic E-state index is 5.15. The van der Waals surface area contributed by atoms with E-state index < -0.39 is 0 Å². The second-order valence-electron chi connectivity index (χ2n) is 4.54. The summed E-state index contributed by atoms with van der Waals surface area (Å²) in [5.74, 6) is 1.83. The summed E-state index contributed by atoms with van der Waals surface area (Å²) in [5, 5.41) is 7.25. The van der Waals surface area contributed by atoms with Gasteiger partial charge in [-0.2, -0.15) is 0 Å². The minimum atomic E-state index is 0.815. The molecule has 0 aliphatic heterocycles. The van der Waals surface area contributed by atoms with Crippen molar-refractivity contribution in [1.29, 1.82) is 0 Å². The van der Waals surface area contributed by atoms with Crippen molar-refractivity contribution >= 4 is 17.3 Å². The summed E-state index contributed by atoms with van der Waals surface area (Å²) in [6.07, 6.45) is 6.93. The van der Waals surface area contributed by atoms with E-state index in [1.54, 1.807) is 0 Å². The molecule has 2 N–H and O–H groups in total. The Balaban J connectivity index is 2.10. The van der Waals surface area contributed by atoms with E-state index in [4.69, 9.17) is 12.2 Å². The Morgan fingerprint density at radius 1 is 1.07 bits per heavy atom. The largest absolute Gasteiger partial charge is 0.363 e. The molecule has 3 heteroatoms. The van der Waals surface area contributed by atoms with E-state index in [1.807, 2.05) is 0 Å². The third-order valence-corrected chi connectivity index (χ3v) is 3.72. The van der Waals surface area contributed by atoms with Crippen LogP contribution in [-0.2, 0) is 0 Å². The van der Waals surface area contributed by atoms with Crippen LogP contribution in [0.1, 0.15) is 46.0 Å². The van der Waals surface area contributed by atoms with Crippen LogP contribution >= 0.6 is 12.2 Å². The van der Waals surface area contributed by atoms with Crippen molar-refractivity contribution in [1.82, 2.24) is 10.6 Å². The van der Waals surface area contributed by atoms with Gasteiger partial charge in [0.1, 0.15) is 0 Å². The molecule has 1 aliphatic carbocycles. The first-order chi connectivity index (χ1) is 7.26. The maximum Gasteiger partial charge on any atom is 0.166 e. The van der Waals surface area contributed by atoms with Crippen molar-refractivity contribution in [3.8, 4) is 0 Å². The zero-order valence-corrected chi connectivity index (χ0v) is 10.8. The highest BCUT2D eigenvalue weighted by atomic mass is 32.1. The topological polar surface area (TPSA) is 24.1 Å². The highest BCUT2D eigenvalue weighted by Crippen LogP contribution is 2.29. The Kier molecular flexibility index (Phi) is 5.99. The van der Waals surface area contributed by atoms with Crippen LogP contribution in [0.5, 0.6) is 0 Å². The Bertz CT molecular complexity index is 186. The monoisotopic (exact) mass is 228 g/mol. The number of thiocarbonyl (C=S) groups is 1. The number of rotatable bonds is 4. The molecule has 0 bridgehead atoms. The van der Waals surface area contributed by atoms with Gasteiger partial charge in [-0.25, -0.2) is 0 Å². The summed E-state index contributed by atoms with van der Waals surface area (Å²) in [6, 6.07) is 0. The van der Waals surface area contributed by atoms with E-state index in [9.17, 15) is 0 Å². The van der Waals surface area contributed by atoms with Crippen LogP contribution in [0, 0.1) is 11.8 Å². The van der Waals surface area contributed by atoms with E-state index >= 15 is 0 Å². The molecule has 0 aromatic heterocycles. The zero-order chi connectivity index (χ0) is 11.1. The molecule has 0 spiro atoms. The fourth-order valence-corrected chi connectivity index (χ4v) is 2.53. The molecule has 1 saturated carbocycles. The summed E-state index contributed by atoms with van der Waals surface area (Å²) >= 11 is 5.15. The molecule has 88 valence electrons. The first kappa shape index (κ1) is 12.8. The van der Waals surface area contributed by atoms with Gasteiger partial charge in [-0.1, -0.05) is 26.2 Å². The summed E-state index contributed by atoms with van der Waals surface area (Å²) < 4.78 is 0. The van der Waals surface area contributed by atoms with E-state index in [1.165, 1.54) is 32.1 Å². The highest BCUT2D eigenvalue weighted by Gasteiger charge is 2.19. The van der Waals surface area contributed by atoms with Gasteiger partial charge in [-0.3, -0.25) is 0 Å². The Morgan fingerprint density at radius 2 is 1.67 bits per heavy atom. The van der Waals surface area contributed by atoms with Crippen LogP contribution < -0.4 is 10.6 Å². The fraction of sp³-hybridized carbons (Fsp3) is 0.917. The van der Waals surface area contributed by atoms with Gasteiger partial charge >= 0.3 is 0 Å².